The number of likely N-dealkylation sites (tertiary alicyclic amines) is 1. The lowest BCUT2D eigenvalue weighted by Crippen LogP contribution is -2.66. The van der Waals surface area contributed by atoms with Crippen molar-refractivity contribution in [3.05, 3.63) is 29.3 Å². The van der Waals surface area contributed by atoms with Crippen LogP contribution in [0.4, 0.5) is 0 Å². The van der Waals surface area contributed by atoms with Crippen LogP contribution in [-0.2, 0) is 16.6 Å². The van der Waals surface area contributed by atoms with E-state index < -0.39 is 0 Å². The Labute approximate surface area is 169 Å². The standard InChI is InChI=1S/C25H35NO2/c1-4-20-16(2)23(27)14-25-10-11-26(15-17-6-5-7-17)22(24(20)25)12-18-8-9-19(28-3)13-21(18)25/h8-9,13,16-17,20,22,24H,4-7,10-12,14-15H2,1-3H3/t16-,20-,22+,24-,25+/m0/s1. The van der Waals surface area contributed by atoms with Gasteiger partial charge in [0.1, 0.15) is 11.5 Å². The fourth-order valence-corrected chi connectivity index (χ4v) is 7.25. The van der Waals surface area contributed by atoms with E-state index in [2.05, 4.69) is 36.9 Å². The van der Waals surface area contributed by atoms with Crippen LogP contribution < -0.4 is 4.74 Å². The second kappa shape index (κ2) is 6.86. The molecule has 2 bridgehead atoms. The summed E-state index contributed by atoms with van der Waals surface area (Å²) >= 11 is 0. The van der Waals surface area contributed by atoms with Crippen LogP contribution in [0, 0.1) is 23.7 Å². The fraction of sp³-hybridized carbons (Fsp3) is 0.720. The van der Waals surface area contributed by atoms with E-state index in [1.807, 2.05) is 0 Å². The third-order valence-electron chi connectivity index (χ3n) is 8.94. The maximum Gasteiger partial charge on any atom is 0.136 e. The van der Waals surface area contributed by atoms with Crippen LogP contribution in [0.3, 0.4) is 0 Å². The number of ketones is 1. The minimum Gasteiger partial charge on any atom is -0.497 e. The number of Topliss-reactive ketones (excluding diaryl/α,β-unsaturated/α-hetero) is 1. The van der Waals surface area contributed by atoms with Crippen molar-refractivity contribution in [2.24, 2.45) is 23.7 Å². The molecule has 1 aliphatic heterocycles. The van der Waals surface area contributed by atoms with Crippen molar-refractivity contribution in [2.45, 2.75) is 70.3 Å². The Balaban J connectivity index is 1.61. The maximum absolute atomic E-state index is 13.1. The zero-order valence-corrected chi connectivity index (χ0v) is 17.7. The molecule has 0 amide bonds. The molecule has 0 aromatic heterocycles. The quantitative estimate of drug-likeness (QED) is 0.762. The van der Waals surface area contributed by atoms with Crippen LogP contribution in [0.15, 0.2) is 18.2 Å². The minimum atomic E-state index is 0.0349. The summed E-state index contributed by atoms with van der Waals surface area (Å²) in [5.74, 6) is 3.67. The van der Waals surface area contributed by atoms with Gasteiger partial charge in [-0.15, -0.1) is 0 Å². The number of carbonyl (C=O) groups is 1. The first-order valence-electron chi connectivity index (χ1n) is 11.5. The highest BCUT2D eigenvalue weighted by Gasteiger charge is 2.60. The molecule has 0 spiro atoms. The van der Waals surface area contributed by atoms with E-state index >= 15 is 0 Å². The molecule has 3 nitrogen and oxygen atoms in total. The molecule has 1 aromatic carbocycles. The molecule has 5 rings (SSSR count). The Morgan fingerprint density at radius 2 is 2.11 bits per heavy atom. The number of rotatable bonds is 4. The van der Waals surface area contributed by atoms with Crippen molar-refractivity contribution >= 4 is 5.78 Å². The molecule has 3 fully saturated rings. The van der Waals surface area contributed by atoms with Gasteiger partial charge in [0.25, 0.3) is 0 Å². The van der Waals surface area contributed by atoms with Crippen LogP contribution in [0.2, 0.25) is 0 Å². The Hall–Kier alpha value is -1.35. The summed E-state index contributed by atoms with van der Waals surface area (Å²) in [7, 11) is 1.76. The predicted octanol–water partition coefficient (Wildman–Crippen LogP) is 4.61. The van der Waals surface area contributed by atoms with Gasteiger partial charge in [-0.05, 0) is 73.2 Å². The van der Waals surface area contributed by atoms with Gasteiger partial charge < -0.3 is 4.74 Å². The number of benzene rings is 1. The Bertz CT molecular complexity index is 770. The zero-order valence-electron chi connectivity index (χ0n) is 17.7. The van der Waals surface area contributed by atoms with Crippen molar-refractivity contribution in [1.82, 2.24) is 4.90 Å². The van der Waals surface area contributed by atoms with Crippen LogP contribution in [0.5, 0.6) is 5.75 Å². The number of fused-ring (bicyclic) bond motifs is 1. The molecule has 0 N–H and O–H groups in total. The molecule has 0 radical (unpaired) electrons. The monoisotopic (exact) mass is 381 g/mol. The molecule has 28 heavy (non-hydrogen) atoms. The smallest absolute Gasteiger partial charge is 0.136 e. The summed E-state index contributed by atoms with van der Waals surface area (Å²) in [6.45, 7) is 6.95. The minimum absolute atomic E-state index is 0.0349. The van der Waals surface area contributed by atoms with Crippen LogP contribution in [0.25, 0.3) is 0 Å². The summed E-state index contributed by atoms with van der Waals surface area (Å²) in [4.78, 5) is 16.0. The molecule has 152 valence electrons. The average molecular weight is 382 g/mol. The largest absolute Gasteiger partial charge is 0.497 e. The molecule has 0 unspecified atom stereocenters. The van der Waals surface area contributed by atoms with Crippen molar-refractivity contribution in [1.29, 1.82) is 0 Å². The van der Waals surface area contributed by atoms with E-state index in [1.54, 1.807) is 7.11 Å². The Kier molecular flexibility index (Phi) is 4.58. The van der Waals surface area contributed by atoms with E-state index in [0.717, 1.165) is 43.9 Å². The first kappa shape index (κ1) is 18.7. The van der Waals surface area contributed by atoms with E-state index in [4.69, 9.17) is 4.74 Å². The van der Waals surface area contributed by atoms with E-state index in [1.165, 1.54) is 36.9 Å². The Morgan fingerprint density at radius 1 is 1.29 bits per heavy atom. The molecule has 1 aromatic rings. The van der Waals surface area contributed by atoms with Crippen molar-refractivity contribution in [2.75, 3.05) is 20.2 Å². The number of carbonyl (C=O) groups excluding carboxylic acids is 1. The van der Waals surface area contributed by atoms with E-state index in [9.17, 15) is 4.79 Å². The molecule has 3 aliphatic carbocycles. The first-order valence-corrected chi connectivity index (χ1v) is 11.5. The highest BCUT2D eigenvalue weighted by molar-refractivity contribution is 5.84. The highest BCUT2D eigenvalue weighted by Crippen LogP contribution is 2.59. The summed E-state index contributed by atoms with van der Waals surface area (Å²) in [5, 5.41) is 0. The molecular weight excluding hydrogens is 346 g/mol. The highest BCUT2D eigenvalue weighted by atomic mass is 16.5. The first-order chi connectivity index (χ1) is 13.6. The summed E-state index contributed by atoms with van der Waals surface area (Å²) in [6.07, 6.45) is 8.39. The number of piperidine rings is 1. The molecule has 2 saturated carbocycles. The number of methoxy groups -OCH3 is 1. The fourth-order valence-electron chi connectivity index (χ4n) is 7.25. The lowest BCUT2D eigenvalue weighted by atomic mass is 9.47. The molecule has 3 heteroatoms. The SMILES string of the molecule is CC[C@@H]1[C@H]2[C@H]3Cc4ccc(OC)cc4[C@@]2(CCN3CC2CCC2)CC(=O)[C@H]1C. The van der Waals surface area contributed by atoms with E-state index in [-0.39, 0.29) is 11.3 Å². The Morgan fingerprint density at radius 3 is 2.79 bits per heavy atom. The van der Waals surface area contributed by atoms with Crippen LogP contribution in [-0.4, -0.2) is 36.9 Å². The van der Waals surface area contributed by atoms with Gasteiger partial charge in [-0.2, -0.15) is 0 Å². The van der Waals surface area contributed by atoms with Gasteiger partial charge in [0.15, 0.2) is 0 Å². The van der Waals surface area contributed by atoms with Gasteiger partial charge in [0.05, 0.1) is 7.11 Å². The topological polar surface area (TPSA) is 29.5 Å². The molecule has 5 atom stereocenters. The normalized spacial score (nSPS) is 37.8. The number of hydrogen-bond donors (Lipinski definition) is 0. The molecule has 1 saturated heterocycles. The summed E-state index contributed by atoms with van der Waals surface area (Å²) in [6, 6.07) is 7.29. The van der Waals surface area contributed by atoms with Gasteiger partial charge in [-0.1, -0.05) is 32.8 Å². The molecule has 4 aliphatic rings. The second-order valence-electron chi connectivity index (χ2n) is 10.0. The van der Waals surface area contributed by atoms with Crippen LogP contribution >= 0.6 is 0 Å². The third kappa shape index (κ3) is 2.61. The molecular formula is C25H35NO2. The third-order valence-corrected chi connectivity index (χ3v) is 8.94. The van der Waals surface area contributed by atoms with Gasteiger partial charge in [-0.3, -0.25) is 9.69 Å². The van der Waals surface area contributed by atoms with Crippen molar-refractivity contribution in [3.63, 3.8) is 0 Å². The number of nitrogens with zero attached hydrogens (tertiary/aromatic N) is 1. The van der Waals surface area contributed by atoms with E-state index in [0.29, 0.717) is 23.7 Å². The second-order valence-corrected chi connectivity index (χ2v) is 10.0. The van der Waals surface area contributed by atoms with Gasteiger partial charge >= 0.3 is 0 Å². The summed E-state index contributed by atoms with van der Waals surface area (Å²) in [5.41, 5.74) is 2.94. The number of ether oxygens (including phenoxy) is 1. The molecule has 1 heterocycles. The van der Waals surface area contributed by atoms with Gasteiger partial charge in [-0.25, -0.2) is 0 Å². The maximum atomic E-state index is 13.1. The lowest BCUT2D eigenvalue weighted by Gasteiger charge is -2.62. The number of hydrogen-bond acceptors (Lipinski definition) is 3. The average Bonchev–Trinajstić information content (AvgIpc) is 2.67. The van der Waals surface area contributed by atoms with Crippen molar-refractivity contribution in [3.8, 4) is 5.75 Å². The zero-order chi connectivity index (χ0) is 19.5. The van der Waals surface area contributed by atoms with Gasteiger partial charge in [0, 0.05) is 30.3 Å². The predicted molar refractivity (Wildman–Crippen MR) is 112 cm³/mol. The van der Waals surface area contributed by atoms with Crippen molar-refractivity contribution < 1.29 is 9.53 Å². The lowest BCUT2D eigenvalue weighted by molar-refractivity contribution is -0.140. The summed E-state index contributed by atoms with van der Waals surface area (Å²) < 4.78 is 5.60. The van der Waals surface area contributed by atoms with Gasteiger partial charge in [0.2, 0.25) is 0 Å². The van der Waals surface area contributed by atoms with Crippen LogP contribution in [0.1, 0.15) is 63.5 Å².